The molecule has 8 heteroatoms. The van der Waals surface area contributed by atoms with Crippen LogP contribution in [0.2, 0.25) is 5.02 Å². The number of hydrogen-bond donors (Lipinski definition) is 0. The zero-order chi connectivity index (χ0) is 16.9. The summed E-state index contributed by atoms with van der Waals surface area (Å²) in [4.78, 5) is 13.7. The van der Waals surface area contributed by atoms with E-state index in [4.69, 9.17) is 16.3 Å². The highest BCUT2D eigenvalue weighted by molar-refractivity contribution is 7.89. The van der Waals surface area contributed by atoms with E-state index >= 15 is 0 Å². The number of rotatable bonds is 6. The summed E-state index contributed by atoms with van der Waals surface area (Å²) in [6.45, 7) is 3.80. The number of sulfonamides is 1. The molecule has 0 radical (unpaired) electrons. The molecule has 1 heterocycles. The van der Waals surface area contributed by atoms with Crippen molar-refractivity contribution < 1.29 is 17.9 Å². The molecule has 1 aliphatic heterocycles. The molecule has 23 heavy (non-hydrogen) atoms. The molecule has 1 aliphatic rings. The van der Waals surface area contributed by atoms with Gasteiger partial charge >= 0.3 is 0 Å². The minimum absolute atomic E-state index is 0.0467. The van der Waals surface area contributed by atoms with Crippen molar-refractivity contribution in [1.82, 2.24) is 9.21 Å². The molecular weight excluding hydrogens is 340 g/mol. The predicted molar refractivity (Wildman–Crippen MR) is 87.9 cm³/mol. The van der Waals surface area contributed by atoms with E-state index in [1.807, 2.05) is 6.92 Å². The van der Waals surface area contributed by atoms with Crippen molar-refractivity contribution in [3.8, 4) is 0 Å². The average Bonchev–Trinajstić information content (AvgIpc) is 2.55. The Balaban J connectivity index is 1.96. The van der Waals surface area contributed by atoms with Gasteiger partial charge in [0.1, 0.15) is 11.5 Å². The number of hydrogen-bond acceptors (Lipinski definition) is 4. The van der Waals surface area contributed by atoms with E-state index in [2.05, 4.69) is 0 Å². The first-order valence-corrected chi connectivity index (χ1v) is 9.39. The molecule has 1 aromatic carbocycles. The van der Waals surface area contributed by atoms with Crippen LogP contribution in [0.4, 0.5) is 0 Å². The Morgan fingerprint density at radius 2 is 1.87 bits per heavy atom. The van der Waals surface area contributed by atoms with Crippen LogP contribution in [0.3, 0.4) is 0 Å². The lowest BCUT2D eigenvalue weighted by Gasteiger charge is -2.34. The molecule has 1 aromatic rings. The predicted octanol–water partition coefficient (Wildman–Crippen LogP) is 1.60. The number of nitrogens with zero attached hydrogens (tertiary/aromatic N) is 2. The van der Waals surface area contributed by atoms with Crippen molar-refractivity contribution in [2.75, 3.05) is 39.4 Å². The zero-order valence-electron chi connectivity index (χ0n) is 13.1. The molecule has 0 bridgehead atoms. The van der Waals surface area contributed by atoms with Gasteiger partial charge in [-0.2, -0.15) is 4.31 Å². The van der Waals surface area contributed by atoms with Crippen LogP contribution in [0.15, 0.2) is 29.2 Å². The molecule has 0 aromatic heterocycles. The van der Waals surface area contributed by atoms with E-state index < -0.39 is 10.0 Å². The van der Waals surface area contributed by atoms with Gasteiger partial charge in [-0.3, -0.25) is 4.79 Å². The Bertz CT molecular complexity index is 643. The van der Waals surface area contributed by atoms with E-state index in [9.17, 15) is 13.2 Å². The number of carbonyl (C=O) groups excluding carboxylic acids is 1. The molecule has 0 saturated carbocycles. The molecule has 0 atom stereocenters. The minimum atomic E-state index is -3.63. The summed E-state index contributed by atoms with van der Waals surface area (Å²) in [5.41, 5.74) is 0. The first-order valence-electron chi connectivity index (χ1n) is 7.57. The first-order chi connectivity index (χ1) is 11.0. The molecule has 0 unspecified atom stereocenters. The Morgan fingerprint density at radius 3 is 2.48 bits per heavy atom. The van der Waals surface area contributed by atoms with Crippen LogP contribution in [-0.4, -0.2) is 62.9 Å². The highest BCUT2D eigenvalue weighted by Crippen LogP contribution is 2.24. The smallest absolute Gasteiger partial charge is 0.248 e. The Hall–Kier alpha value is -1.15. The summed E-state index contributed by atoms with van der Waals surface area (Å²) in [6.07, 6.45) is 0.858. The number of carbonyl (C=O) groups is 1. The van der Waals surface area contributed by atoms with Crippen molar-refractivity contribution in [2.24, 2.45) is 0 Å². The van der Waals surface area contributed by atoms with Gasteiger partial charge in [-0.15, -0.1) is 0 Å². The second kappa shape index (κ2) is 8.10. The highest BCUT2D eigenvalue weighted by Gasteiger charge is 2.31. The lowest BCUT2D eigenvalue weighted by molar-refractivity contribution is -0.137. The van der Waals surface area contributed by atoms with E-state index in [1.165, 1.54) is 10.4 Å². The summed E-state index contributed by atoms with van der Waals surface area (Å²) < 4.78 is 31.8. The van der Waals surface area contributed by atoms with Gasteiger partial charge in [0.15, 0.2) is 0 Å². The maximum Gasteiger partial charge on any atom is 0.248 e. The third-order valence-electron chi connectivity index (χ3n) is 3.62. The van der Waals surface area contributed by atoms with Gasteiger partial charge in [0, 0.05) is 32.8 Å². The fourth-order valence-electron chi connectivity index (χ4n) is 2.37. The second-order valence-electron chi connectivity index (χ2n) is 5.27. The normalized spacial score (nSPS) is 16.5. The fourth-order valence-corrected chi connectivity index (χ4v) is 4.28. The van der Waals surface area contributed by atoms with E-state index in [1.54, 1.807) is 23.1 Å². The summed E-state index contributed by atoms with van der Waals surface area (Å²) in [5.74, 6) is -0.103. The number of amides is 1. The topological polar surface area (TPSA) is 66.9 Å². The van der Waals surface area contributed by atoms with E-state index in [0.29, 0.717) is 19.7 Å². The molecule has 0 spiro atoms. The molecule has 2 rings (SSSR count). The lowest BCUT2D eigenvalue weighted by Crippen LogP contribution is -2.51. The van der Waals surface area contributed by atoms with Crippen molar-refractivity contribution in [3.05, 3.63) is 29.3 Å². The first kappa shape index (κ1) is 18.2. The number of piperazine rings is 1. The molecule has 128 valence electrons. The van der Waals surface area contributed by atoms with Gasteiger partial charge in [-0.1, -0.05) is 30.7 Å². The van der Waals surface area contributed by atoms with Gasteiger partial charge in [0.25, 0.3) is 0 Å². The zero-order valence-corrected chi connectivity index (χ0v) is 14.6. The third-order valence-corrected chi connectivity index (χ3v) is 6.02. The molecule has 0 aliphatic carbocycles. The number of ether oxygens (including phenoxy) is 1. The second-order valence-corrected chi connectivity index (χ2v) is 7.58. The van der Waals surface area contributed by atoms with Gasteiger partial charge in [-0.05, 0) is 18.6 Å². The van der Waals surface area contributed by atoms with Gasteiger partial charge in [0.05, 0.1) is 5.02 Å². The standard InChI is InChI=1S/C15H21ClN2O4S/c1-2-11-22-12-15(19)17-7-9-18(10-8-17)23(20,21)14-6-4-3-5-13(14)16/h3-6H,2,7-12H2,1H3. The number of benzene rings is 1. The Labute approximate surface area is 142 Å². The number of halogens is 1. The minimum Gasteiger partial charge on any atom is -0.372 e. The maximum atomic E-state index is 12.6. The van der Waals surface area contributed by atoms with Crippen molar-refractivity contribution in [2.45, 2.75) is 18.2 Å². The summed E-state index contributed by atoms with van der Waals surface area (Å²) in [7, 11) is -3.63. The van der Waals surface area contributed by atoms with Crippen LogP contribution in [0.25, 0.3) is 0 Å². The quantitative estimate of drug-likeness (QED) is 0.723. The Morgan fingerprint density at radius 1 is 1.22 bits per heavy atom. The van der Waals surface area contributed by atoms with E-state index in [-0.39, 0.29) is 35.5 Å². The van der Waals surface area contributed by atoms with Gasteiger partial charge in [0.2, 0.25) is 15.9 Å². The SMILES string of the molecule is CCCOCC(=O)N1CCN(S(=O)(=O)c2ccccc2Cl)CC1. The third kappa shape index (κ3) is 4.44. The summed E-state index contributed by atoms with van der Waals surface area (Å²) in [6, 6.07) is 6.38. The molecule has 1 amide bonds. The van der Waals surface area contributed by atoms with Crippen molar-refractivity contribution >= 4 is 27.5 Å². The summed E-state index contributed by atoms with van der Waals surface area (Å²) >= 11 is 5.99. The molecular formula is C15H21ClN2O4S. The average molecular weight is 361 g/mol. The highest BCUT2D eigenvalue weighted by atomic mass is 35.5. The molecule has 6 nitrogen and oxygen atoms in total. The molecule has 1 fully saturated rings. The van der Waals surface area contributed by atoms with Crippen LogP contribution < -0.4 is 0 Å². The van der Waals surface area contributed by atoms with Gasteiger partial charge < -0.3 is 9.64 Å². The monoisotopic (exact) mass is 360 g/mol. The van der Waals surface area contributed by atoms with Gasteiger partial charge in [-0.25, -0.2) is 8.42 Å². The lowest BCUT2D eigenvalue weighted by atomic mass is 10.3. The van der Waals surface area contributed by atoms with E-state index in [0.717, 1.165) is 6.42 Å². The largest absolute Gasteiger partial charge is 0.372 e. The van der Waals surface area contributed by atoms with Crippen molar-refractivity contribution in [3.63, 3.8) is 0 Å². The van der Waals surface area contributed by atoms with Crippen LogP contribution >= 0.6 is 11.6 Å². The van der Waals surface area contributed by atoms with Crippen LogP contribution in [0.1, 0.15) is 13.3 Å². The molecule has 1 saturated heterocycles. The maximum absolute atomic E-state index is 12.6. The Kier molecular flexibility index (Phi) is 6.41. The van der Waals surface area contributed by atoms with Crippen LogP contribution in [0.5, 0.6) is 0 Å². The fraction of sp³-hybridized carbons (Fsp3) is 0.533. The van der Waals surface area contributed by atoms with Crippen LogP contribution in [0, 0.1) is 0 Å². The van der Waals surface area contributed by atoms with Crippen LogP contribution in [-0.2, 0) is 19.6 Å². The van der Waals surface area contributed by atoms with Crippen molar-refractivity contribution in [1.29, 1.82) is 0 Å². The summed E-state index contributed by atoms with van der Waals surface area (Å²) in [5, 5.41) is 0.207. The molecule has 0 N–H and O–H groups in total.